The van der Waals surface area contributed by atoms with Crippen LogP contribution in [0.4, 0.5) is 0 Å². The van der Waals surface area contributed by atoms with Gasteiger partial charge >= 0.3 is 26.2 Å². The molecular weight excluding hydrogens is 423 g/mol. The molecule has 0 aliphatic rings. The summed E-state index contributed by atoms with van der Waals surface area (Å²) in [5.74, 6) is -3.40. The maximum absolute atomic E-state index is 9.53. The molecule has 1 N–H and O–H groups in total. The molecule has 9 heteroatoms. The molecule has 0 unspecified atom stereocenters. The predicted molar refractivity (Wildman–Crippen MR) is 88.3 cm³/mol. The van der Waals surface area contributed by atoms with Gasteiger partial charge in [-0.1, -0.05) is 59.3 Å². The van der Waals surface area contributed by atoms with E-state index in [0.717, 1.165) is 52.4 Å². The summed E-state index contributed by atoms with van der Waals surface area (Å²) in [6.45, 7) is 8.34. The molecule has 0 saturated carbocycles. The standard InChI is InChI=1S/3C4H9O.C3H4O3.C2H4O2.Zr/c3*1-2-3-4-5;1-2(4)3(5)6;1-2(3)4;/h3*2-4H2,1H3;1H3,(H,5,6);1H3,(H,3,4);/q3*-1;;;+4/p-1. The van der Waals surface area contributed by atoms with E-state index in [1.165, 1.54) is 0 Å². The van der Waals surface area contributed by atoms with Crippen LogP contribution in [0.5, 0.6) is 0 Å². The van der Waals surface area contributed by atoms with E-state index in [4.69, 9.17) is 9.90 Å². The van der Waals surface area contributed by atoms with Gasteiger partial charge in [0.15, 0.2) is 5.78 Å². The zero-order chi connectivity index (χ0) is 21.1. The number of Topliss-reactive ketones (excluding diaryl/α,β-unsaturated/α-hetero) is 1. The van der Waals surface area contributed by atoms with Crippen LogP contribution in [0.3, 0.4) is 0 Å². The number of carbonyl (C=O) groups is 3. The average Bonchev–Trinajstić information content (AvgIpc) is 2.51. The second kappa shape index (κ2) is 44.1. The summed E-state index contributed by atoms with van der Waals surface area (Å²) in [4.78, 5) is 27.7. The van der Waals surface area contributed by atoms with E-state index in [1.54, 1.807) is 0 Å². The minimum Gasteiger partial charge on any atom is -0.854 e. The summed E-state index contributed by atoms with van der Waals surface area (Å²) in [7, 11) is 0. The molecule has 0 atom stereocenters. The van der Waals surface area contributed by atoms with Crippen LogP contribution in [-0.4, -0.2) is 42.6 Å². The summed E-state index contributed by atoms with van der Waals surface area (Å²) in [5, 5.41) is 45.2. The van der Waals surface area contributed by atoms with Crippen molar-refractivity contribution in [2.45, 2.75) is 73.1 Å². The zero-order valence-electron chi connectivity index (χ0n) is 16.7. The van der Waals surface area contributed by atoms with Crippen molar-refractivity contribution in [3.63, 3.8) is 0 Å². The minimum atomic E-state index is -1.63. The van der Waals surface area contributed by atoms with Crippen molar-refractivity contribution >= 4 is 17.7 Å². The first kappa shape index (κ1) is 40.2. The Hall–Kier alpha value is -0.627. The van der Waals surface area contributed by atoms with Gasteiger partial charge in [0.25, 0.3) is 5.97 Å². The van der Waals surface area contributed by atoms with Crippen molar-refractivity contribution < 1.29 is 66.1 Å². The molecule has 0 fully saturated rings. The fraction of sp³-hybridized carbons (Fsp3) is 0.824. The van der Waals surface area contributed by atoms with E-state index in [2.05, 4.69) is 0 Å². The first-order valence-corrected chi connectivity index (χ1v) is 8.28. The molecule has 0 aliphatic carbocycles. The maximum Gasteiger partial charge on any atom is 4.00 e. The third-order valence-electron chi connectivity index (χ3n) is 1.78. The molecule has 0 aromatic carbocycles. The van der Waals surface area contributed by atoms with Crippen molar-refractivity contribution in [2.75, 3.05) is 19.8 Å². The third kappa shape index (κ3) is 133. The van der Waals surface area contributed by atoms with Crippen molar-refractivity contribution in [2.24, 2.45) is 0 Å². The van der Waals surface area contributed by atoms with Gasteiger partial charge in [-0.05, 0) is 0 Å². The Kier molecular flexibility index (Phi) is 68.1. The van der Waals surface area contributed by atoms with E-state index in [-0.39, 0.29) is 46.0 Å². The van der Waals surface area contributed by atoms with Crippen molar-refractivity contribution in [3.8, 4) is 0 Å². The zero-order valence-corrected chi connectivity index (χ0v) is 19.1. The van der Waals surface area contributed by atoms with Gasteiger partial charge in [0.2, 0.25) is 0 Å². The number of rotatable bonds is 7. The number of carboxylic acid groups (broad SMARTS) is 2. The summed E-state index contributed by atoms with van der Waals surface area (Å²) < 4.78 is 0. The largest absolute Gasteiger partial charge is 4.00 e. The Morgan fingerprint density at radius 3 is 0.885 bits per heavy atom. The Morgan fingerprint density at radius 1 is 0.731 bits per heavy atom. The Bertz CT molecular complexity index is 237. The van der Waals surface area contributed by atoms with Crippen LogP contribution in [0.25, 0.3) is 0 Å². The molecule has 154 valence electrons. The molecule has 0 radical (unpaired) electrons. The van der Waals surface area contributed by atoms with Crippen LogP contribution in [0, 0.1) is 0 Å². The number of aliphatic carboxylic acids is 2. The fourth-order valence-electron chi connectivity index (χ4n) is 0.433. The number of carbonyl (C=O) groups excluding carboxylic acids is 2. The first-order chi connectivity index (χ1) is 11.6. The molecule has 0 bridgehead atoms. The van der Waals surface area contributed by atoms with Gasteiger partial charge in [0, 0.05) is 13.8 Å². The van der Waals surface area contributed by atoms with Crippen LogP contribution >= 0.6 is 0 Å². The molecule has 26 heavy (non-hydrogen) atoms. The van der Waals surface area contributed by atoms with Crippen LogP contribution in [0.1, 0.15) is 73.1 Å². The van der Waals surface area contributed by atoms with Gasteiger partial charge in [-0.15, -0.1) is 19.8 Å². The van der Waals surface area contributed by atoms with Gasteiger partial charge < -0.3 is 30.3 Å². The Balaban J connectivity index is -0.0000000479. The monoisotopic (exact) mass is 456 g/mol. The molecule has 0 spiro atoms. The van der Waals surface area contributed by atoms with Crippen molar-refractivity contribution in [1.82, 2.24) is 0 Å². The van der Waals surface area contributed by atoms with Crippen molar-refractivity contribution in [1.29, 1.82) is 0 Å². The van der Waals surface area contributed by atoms with Gasteiger partial charge in [-0.3, -0.25) is 9.59 Å². The number of carboxylic acids is 2. The normalized spacial score (nSPS) is 7.54. The second-order valence-corrected chi connectivity index (χ2v) is 4.54. The minimum absolute atomic E-state index is 0. The van der Waals surface area contributed by atoms with Crippen LogP contribution < -0.4 is 20.4 Å². The van der Waals surface area contributed by atoms with Gasteiger partial charge in [0.1, 0.15) is 5.97 Å². The number of unbranched alkanes of at least 4 members (excludes halogenated alkanes) is 3. The van der Waals surface area contributed by atoms with Gasteiger partial charge in [-0.2, -0.15) is 0 Å². The quantitative estimate of drug-likeness (QED) is 0.468. The number of hydrogen-bond donors (Lipinski definition) is 1. The van der Waals surface area contributed by atoms with E-state index in [0.29, 0.717) is 0 Å². The topological polar surface area (TPSA) is 164 Å². The van der Waals surface area contributed by atoms with Crippen LogP contribution in [0.2, 0.25) is 0 Å². The van der Waals surface area contributed by atoms with Crippen LogP contribution in [-0.2, 0) is 40.6 Å². The molecule has 0 aromatic heterocycles. The fourth-order valence-corrected chi connectivity index (χ4v) is 0.433. The summed E-state index contributed by atoms with van der Waals surface area (Å²) in [6, 6.07) is 0. The molecule has 0 aliphatic heterocycles. The molecular formula is C17H34O8Zr. The van der Waals surface area contributed by atoms with Crippen LogP contribution in [0.15, 0.2) is 0 Å². The van der Waals surface area contributed by atoms with Gasteiger partial charge in [-0.25, -0.2) is 0 Å². The second-order valence-electron chi connectivity index (χ2n) is 4.54. The van der Waals surface area contributed by atoms with Gasteiger partial charge in [0.05, 0.1) is 0 Å². The van der Waals surface area contributed by atoms with E-state index in [9.17, 15) is 30.0 Å². The smallest absolute Gasteiger partial charge is 0.854 e. The summed E-state index contributed by atoms with van der Waals surface area (Å²) in [5.41, 5.74) is 0. The first-order valence-electron chi connectivity index (χ1n) is 8.28. The molecule has 0 saturated heterocycles. The predicted octanol–water partition coefficient (Wildman–Crippen LogP) is -1.15. The third-order valence-corrected chi connectivity index (χ3v) is 1.78. The van der Waals surface area contributed by atoms with E-state index >= 15 is 0 Å². The Labute approximate surface area is 176 Å². The molecule has 0 aromatic rings. The van der Waals surface area contributed by atoms with E-state index in [1.807, 2.05) is 20.8 Å². The number of hydrogen-bond acceptors (Lipinski definition) is 7. The Morgan fingerprint density at radius 2 is 0.885 bits per heavy atom. The SMILES string of the molecule is CC(=O)C(=O)[O-].CC(=O)O.CCCC[O-].CCCC[O-].CCCC[O-].[Zr+4]. The summed E-state index contributed by atoms with van der Waals surface area (Å²) >= 11 is 0. The summed E-state index contributed by atoms with van der Waals surface area (Å²) in [6.07, 6.45) is 5.59. The average molecular weight is 458 g/mol. The molecule has 0 heterocycles. The van der Waals surface area contributed by atoms with E-state index < -0.39 is 17.7 Å². The molecule has 8 nitrogen and oxygen atoms in total. The van der Waals surface area contributed by atoms with Crippen molar-refractivity contribution in [3.05, 3.63) is 0 Å². The maximum atomic E-state index is 9.53. The molecule has 0 rings (SSSR count). The number of ketones is 1. The molecule has 0 amide bonds.